The highest BCUT2D eigenvalue weighted by Crippen LogP contribution is 2.44. The molecule has 6 rings (SSSR count). The summed E-state index contributed by atoms with van der Waals surface area (Å²) in [5.41, 5.74) is 12.5. The fourth-order valence-corrected chi connectivity index (χ4v) is 6.80. The van der Waals surface area contributed by atoms with Crippen LogP contribution in [0.25, 0.3) is 22.3 Å². The second-order valence-electron chi connectivity index (χ2n) is 12.3. The minimum atomic E-state index is -5.10. The molecule has 308 valence electrons. The van der Waals surface area contributed by atoms with Gasteiger partial charge in [0.15, 0.2) is 35.4 Å². The minimum absolute atomic E-state index is 0.111. The van der Waals surface area contributed by atoms with Gasteiger partial charge in [-0.15, -0.1) is 0 Å². The molecule has 2 fully saturated rings. The first-order valence-corrected chi connectivity index (χ1v) is 19.1. The Kier molecular flexibility index (Phi) is 12.4. The van der Waals surface area contributed by atoms with E-state index in [0.29, 0.717) is 11.6 Å². The summed E-state index contributed by atoms with van der Waals surface area (Å²) in [5.74, 6) is -7.70. The van der Waals surface area contributed by atoms with Gasteiger partial charge in [0, 0.05) is 0 Å². The van der Waals surface area contributed by atoms with E-state index in [1.54, 1.807) is 13.8 Å². The lowest BCUT2D eigenvalue weighted by Crippen LogP contribution is -2.36. The van der Waals surface area contributed by atoms with Crippen molar-refractivity contribution in [2.24, 2.45) is 0 Å². The molecule has 2 unspecified atom stereocenters. The zero-order valence-electron chi connectivity index (χ0n) is 28.7. The summed E-state index contributed by atoms with van der Waals surface area (Å²) >= 11 is 0. The number of aromatic nitrogens is 8. The Hall–Kier alpha value is -4.38. The molecule has 2 saturated heterocycles. The van der Waals surface area contributed by atoms with Crippen LogP contribution in [0.4, 0.5) is 11.6 Å². The molecule has 2 aliphatic rings. The monoisotopic (exact) mass is 838 g/mol. The van der Waals surface area contributed by atoms with Crippen molar-refractivity contribution >= 4 is 61.1 Å². The van der Waals surface area contributed by atoms with E-state index >= 15 is 0 Å². The maximum atomic E-state index is 11.2. The number of fused-ring (bicyclic) bond motifs is 2. The number of anilines is 2. The van der Waals surface area contributed by atoms with Gasteiger partial charge in [-0.25, -0.2) is 39.5 Å². The second-order valence-corrected chi connectivity index (χ2v) is 15.6. The van der Waals surface area contributed by atoms with Crippen LogP contribution in [0.5, 0.6) is 0 Å². The number of nitrogens with two attached hydrogens (primary N) is 2. The average molecular weight is 839 g/mol. The highest BCUT2D eigenvalue weighted by atomic mass is 31.2. The van der Waals surface area contributed by atoms with Crippen LogP contribution in [-0.4, -0.2) is 163 Å². The van der Waals surface area contributed by atoms with Crippen molar-refractivity contribution in [3.8, 4) is 0 Å². The SMILES string of the molecule is Cc1nc(N)c2ncn([C@@H]3O[C@H](COC(C(=O)O)P(=O)(O)O)[C@@H](O)[C@H]3O)c2n1.Cc1nc(N)c2ncn([C@@H]3O[C@H](COC(C(=O)O)P(=O)(O)O)[C@@H](O)[C@H]3O)c2n1. The van der Waals surface area contributed by atoms with Crippen LogP contribution in [0.1, 0.15) is 24.1 Å². The number of carboxylic acids is 2. The number of carbonyl (C=O) groups is 2. The number of carboxylic acid groups (broad SMARTS) is 2. The molecule has 28 nitrogen and oxygen atoms in total. The summed E-state index contributed by atoms with van der Waals surface area (Å²) in [7, 11) is -10.2. The lowest BCUT2D eigenvalue weighted by molar-refractivity contribution is -0.150. The third-order valence-electron chi connectivity index (χ3n) is 8.21. The Labute approximate surface area is 311 Å². The molecule has 0 bridgehead atoms. The molecule has 4 aromatic rings. The molecule has 6 heterocycles. The predicted octanol–water partition coefficient (Wildman–Crippen LogP) is -4.12. The number of hydrogen-bond acceptors (Lipinski definition) is 20. The molecule has 0 amide bonds. The topological polar surface area (TPSA) is 447 Å². The van der Waals surface area contributed by atoms with Crippen molar-refractivity contribution in [2.75, 3.05) is 24.7 Å². The summed E-state index contributed by atoms with van der Waals surface area (Å²) in [5, 5.41) is 58.7. The Bertz CT molecular complexity index is 2040. The Morgan fingerprint density at radius 1 is 0.696 bits per heavy atom. The smallest absolute Gasteiger partial charge is 0.365 e. The Morgan fingerprint density at radius 3 is 1.34 bits per heavy atom. The van der Waals surface area contributed by atoms with Gasteiger partial charge in [0.1, 0.15) is 59.3 Å². The van der Waals surface area contributed by atoms with Crippen LogP contribution < -0.4 is 11.5 Å². The normalized spacial score (nSPS) is 26.6. The first-order valence-electron chi connectivity index (χ1n) is 15.8. The fraction of sp³-hybridized carbons (Fsp3) is 0.538. The standard InChI is InChI=1S/2C13H18N5O9P/c2*1-4-16-9(14)6-10(17-4)18(3-15-6)11-8(20)7(19)5(27-11)2-26-13(12(21)22)28(23,24)25/h2*3,5,7-8,11,13,19-20H,2H2,1H3,(H,21,22)(H2,14,16,17)(H2,23,24,25)/t2*5-,7-,8-,11-,13?/m11/s1. The first kappa shape index (κ1) is 42.8. The first-order chi connectivity index (χ1) is 26.0. The van der Waals surface area contributed by atoms with Crippen LogP contribution in [0.3, 0.4) is 0 Å². The van der Waals surface area contributed by atoms with Crippen molar-refractivity contribution in [1.29, 1.82) is 0 Å². The third kappa shape index (κ3) is 8.77. The van der Waals surface area contributed by atoms with Gasteiger partial charge in [-0.3, -0.25) is 18.3 Å². The maximum Gasteiger partial charge on any atom is 0.365 e. The van der Waals surface area contributed by atoms with Crippen LogP contribution >= 0.6 is 15.2 Å². The number of aliphatic hydroxyl groups is 4. The van der Waals surface area contributed by atoms with E-state index in [-0.39, 0.29) is 34.0 Å². The van der Waals surface area contributed by atoms with E-state index in [9.17, 15) is 39.1 Å². The lowest BCUT2D eigenvalue weighted by atomic mass is 10.1. The number of aliphatic hydroxyl groups excluding tert-OH is 4. The van der Waals surface area contributed by atoms with Gasteiger partial charge in [-0.2, -0.15) is 0 Å². The number of hydrogen-bond donors (Lipinski definition) is 12. The maximum absolute atomic E-state index is 11.2. The van der Waals surface area contributed by atoms with E-state index in [1.807, 2.05) is 0 Å². The van der Waals surface area contributed by atoms with Gasteiger partial charge in [0.25, 0.3) is 11.7 Å². The molecule has 0 saturated carbocycles. The molecule has 0 aromatic carbocycles. The third-order valence-corrected chi connectivity index (χ3v) is 10.2. The number of nitrogen functional groups attached to an aromatic ring is 2. The van der Waals surface area contributed by atoms with Gasteiger partial charge in [0.05, 0.1) is 25.9 Å². The van der Waals surface area contributed by atoms with E-state index in [4.69, 9.17) is 60.2 Å². The van der Waals surface area contributed by atoms with Crippen LogP contribution in [0.15, 0.2) is 12.7 Å². The molecule has 14 N–H and O–H groups in total. The van der Waals surface area contributed by atoms with Crippen molar-refractivity contribution < 1.29 is 87.9 Å². The van der Waals surface area contributed by atoms with E-state index in [0.717, 1.165) is 0 Å². The molecule has 10 atom stereocenters. The summed E-state index contributed by atoms with van der Waals surface area (Å²) in [6.45, 7) is 1.80. The van der Waals surface area contributed by atoms with Gasteiger partial charge < -0.3 is 80.6 Å². The highest BCUT2D eigenvalue weighted by Gasteiger charge is 2.48. The predicted molar refractivity (Wildman–Crippen MR) is 180 cm³/mol. The molecule has 30 heteroatoms. The zero-order chi connectivity index (χ0) is 41.6. The van der Waals surface area contributed by atoms with Crippen molar-refractivity contribution in [1.82, 2.24) is 39.0 Å². The number of rotatable bonds is 12. The molecule has 0 radical (unpaired) electrons. The van der Waals surface area contributed by atoms with E-state index < -0.39 is 101 Å². The van der Waals surface area contributed by atoms with Gasteiger partial charge in [-0.05, 0) is 13.8 Å². The van der Waals surface area contributed by atoms with Crippen molar-refractivity contribution in [3.63, 3.8) is 0 Å². The Balaban J connectivity index is 0.000000214. The van der Waals surface area contributed by atoms with Gasteiger partial charge in [0.2, 0.25) is 0 Å². The molecule has 2 aliphatic heterocycles. The number of imidazole rings is 2. The fourth-order valence-electron chi connectivity index (χ4n) is 5.67. The largest absolute Gasteiger partial charge is 0.479 e. The summed E-state index contributed by atoms with van der Waals surface area (Å²) in [6.07, 6.45) is -8.40. The van der Waals surface area contributed by atoms with Gasteiger partial charge in [-0.1, -0.05) is 0 Å². The van der Waals surface area contributed by atoms with Crippen LogP contribution in [0, 0.1) is 13.8 Å². The Morgan fingerprint density at radius 2 is 1.04 bits per heavy atom. The molecule has 4 aromatic heterocycles. The highest BCUT2D eigenvalue weighted by molar-refractivity contribution is 7.53. The molecule has 0 aliphatic carbocycles. The molecular weight excluding hydrogens is 802 g/mol. The zero-order valence-corrected chi connectivity index (χ0v) is 30.5. The number of aryl methyl sites for hydroxylation is 2. The number of ether oxygens (including phenoxy) is 4. The molecular formula is C26H36N10O18P2. The summed E-state index contributed by atoms with van der Waals surface area (Å²) < 4.78 is 45.5. The number of nitrogens with zero attached hydrogens (tertiary/aromatic N) is 8. The van der Waals surface area contributed by atoms with Crippen LogP contribution in [0.2, 0.25) is 0 Å². The molecule has 56 heavy (non-hydrogen) atoms. The quantitative estimate of drug-likeness (QED) is 0.0603. The average Bonchev–Trinajstić information content (AvgIpc) is 3.82. The minimum Gasteiger partial charge on any atom is -0.479 e. The second kappa shape index (κ2) is 16.2. The summed E-state index contributed by atoms with van der Waals surface area (Å²) in [6, 6.07) is 0. The van der Waals surface area contributed by atoms with Crippen molar-refractivity contribution in [3.05, 3.63) is 24.3 Å². The number of aliphatic carboxylic acids is 2. The van der Waals surface area contributed by atoms with E-state index in [1.165, 1.54) is 21.8 Å². The summed E-state index contributed by atoms with van der Waals surface area (Å²) in [4.78, 5) is 82.4. The van der Waals surface area contributed by atoms with Crippen LogP contribution in [-0.2, 0) is 37.7 Å². The van der Waals surface area contributed by atoms with Crippen molar-refractivity contribution in [2.45, 2.75) is 74.6 Å². The van der Waals surface area contributed by atoms with Gasteiger partial charge >= 0.3 is 27.1 Å². The van der Waals surface area contributed by atoms with E-state index in [2.05, 4.69) is 29.9 Å². The lowest BCUT2D eigenvalue weighted by Gasteiger charge is -2.19. The molecule has 0 spiro atoms.